The van der Waals surface area contributed by atoms with Crippen LogP contribution in [0, 0.1) is 5.92 Å². The molecule has 0 aromatic heterocycles. The van der Waals surface area contributed by atoms with Crippen LogP contribution in [0.5, 0.6) is 0 Å². The summed E-state index contributed by atoms with van der Waals surface area (Å²) in [6.45, 7) is 7.39. The Morgan fingerprint density at radius 2 is 0.935 bits per heavy atom. The van der Waals surface area contributed by atoms with Crippen LogP contribution in [-0.4, -0.2) is 25.2 Å². The van der Waals surface area contributed by atoms with Crippen LogP contribution in [0.25, 0.3) is 0 Å². The van der Waals surface area contributed by atoms with Crippen molar-refractivity contribution in [3.05, 3.63) is 0 Å². The van der Waals surface area contributed by atoms with E-state index in [2.05, 4.69) is 20.8 Å². The number of hydrogen-bond donors (Lipinski definition) is 0. The van der Waals surface area contributed by atoms with Gasteiger partial charge in [0.25, 0.3) is 0 Å². The van der Waals surface area contributed by atoms with Gasteiger partial charge in [0.05, 0.1) is 26.1 Å². The monoisotopic (exact) mass is 440 g/mol. The van der Waals surface area contributed by atoms with E-state index >= 15 is 0 Å². The molecular weight excluding hydrogens is 388 g/mol. The van der Waals surface area contributed by atoms with Crippen molar-refractivity contribution in [1.29, 1.82) is 0 Å². The van der Waals surface area contributed by atoms with Gasteiger partial charge in [0, 0.05) is 0 Å². The van der Waals surface area contributed by atoms with Gasteiger partial charge in [0.1, 0.15) is 0 Å². The summed E-state index contributed by atoms with van der Waals surface area (Å²) in [5, 5.41) is 0. The standard InChI is InChI=1S/C27H52O4/c1-4-7-8-9-10-11-12-13-14-15-16-17-18-19-20-23-30-26(28)21-22-27(29)31-24-25(5-2)6-3/h25H,4-24H2,1-3H3. The molecule has 0 fully saturated rings. The van der Waals surface area contributed by atoms with Crippen LogP contribution in [0.2, 0.25) is 0 Å². The molecule has 4 nitrogen and oxygen atoms in total. The first kappa shape index (κ1) is 29.9. The molecule has 0 aliphatic carbocycles. The minimum absolute atomic E-state index is 0.123. The maximum atomic E-state index is 11.7. The fraction of sp³-hybridized carbons (Fsp3) is 0.926. The second-order valence-electron chi connectivity index (χ2n) is 9.04. The maximum absolute atomic E-state index is 11.7. The molecule has 0 spiro atoms. The topological polar surface area (TPSA) is 52.6 Å². The first-order chi connectivity index (χ1) is 15.1. The lowest BCUT2D eigenvalue weighted by Gasteiger charge is -2.12. The summed E-state index contributed by atoms with van der Waals surface area (Å²) in [5.41, 5.74) is 0. The molecule has 4 heteroatoms. The van der Waals surface area contributed by atoms with Gasteiger partial charge in [0.2, 0.25) is 0 Å². The minimum atomic E-state index is -0.296. The zero-order valence-corrected chi connectivity index (χ0v) is 21.1. The van der Waals surface area contributed by atoms with Crippen molar-refractivity contribution in [2.24, 2.45) is 5.92 Å². The zero-order valence-electron chi connectivity index (χ0n) is 21.1. The molecule has 0 rings (SSSR count). The fourth-order valence-electron chi connectivity index (χ4n) is 3.74. The first-order valence-electron chi connectivity index (χ1n) is 13.4. The Morgan fingerprint density at radius 1 is 0.548 bits per heavy atom. The molecule has 0 saturated heterocycles. The first-order valence-corrected chi connectivity index (χ1v) is 13.4. The highest BCUT2D eigenvalue weighted by Crippen LogP contribution is 2.13. The quantitative estimate of drug-likeness (QED) is 0.119. The summed E-state index contributed by atoms with van der Waals surface area (Å²) in [6, 6.07) is 0. The summed E-state index contributed by atoms with van der Waals surface area (Å²) in [6.07, 6.45) is 22.1. The van der Waals surface area contributed by atoms with E-state index in [-0.39, 0.29) is 24.8 Å². The van der Waals surface area contributed by atoms with Crippen molar-refractivity contribution in [3.63, 3.8) is 0 Å². The molecule has 0 aliphatic rings. The average Bonchev–Trinajstić information content (AvgIpc) is 2.78. The molecule has 184 valence electrons. The lowest BCUT2D eigenvalue weighted by atomic mass is 10.0. The molecule has 0 aliphatic heterocycles. The number of unbranched alkanes of at least 4 members (excludes halogenated alkanes) is 14. The Labute approximate surface area is 193 Å². The maximum Gasteiger partial charge on any atom is 0.306 e. The van der Waals surface area contributed by atoms with Crippen LogP contribution in [0.1, 0.15) is 143 Å². The Morgan fingerprint density at radius 3 is 1.35 bits per heavy atom. The largest absolute Gasteiger partial charge is 0.466 e. The molecule has 0 aromatic rings. The van der Waals surface area contributed by atoms with Gasteiger partial charge in [-0.3, -0.25) is 9.59 Å². The minimum Gasteiger partial charge on any atom is -0.466 e. The van der Waals surface area contributed by atoms with Crippen LogP contribution in [0.4, 0.5) is 0 Å². The number of rotatable bonds is 23. The van der Waals surface area contributed by atoms with Crippen molar-refractivity contribution >= 4 is 11.9 Å². The third-order valence-corrected chi connectivity index (χ3v) is 6.18. The van der Waals surface area contributed by atoms with E-state index < -0.39 is 0 Å². The Bertz CT molecular complexity index is 404. The molecule has 0 unspecified atom stereocenters. The Hall–Kier alpha value is -1.06. The van der Waals surface area contributed by atoms with Crippen LogP contribution >= 0.6 is 0 Å². The third kappa shape index (κ3) is 21.9. The van der Waals surface area contributed by atoms with E-state index in [0.717, 1.165) is 25.7 Å². The number of carbonyl (C=O) groups excluding carboxylic acids is 2. The normalized spacial score (nSPS) is 11.1. The summed E-state index contributed by atoms with van der Waals surface area (Å²) in [7, 11) is 0. The molecule has 0 heterocycles. The number of hydrogen-bond acceptors (Lipinski definition) is 4. The van der Waals surface area contributed by atoms with E-state index in [9.17, 15) is 9.59 Å². The van der Waals surface area contributed by atoms with E-state index in [1.807, 2.05) is 0 Å². The smallest absolute Gasteiger partial charge is 0.306 e. The van der Waals surface area contributed by atoms with Gasteiger partial charge in [-0.05, 0) is 12.3 Å². The summed E-state index contributed by atoms with van der Waals surface area (Å²) in [4.78, 5) is 23.4. The van der Waals surface area contributed by atoms with E-state index in [0.29, 0.717) is 19.1 Å². The van der Waals surface area contributed by atoms with Gasteiger partial charge in [-0.15, -0.1) is 0 Å². The lowest BCUT2D eigenvalue weighted by molar-refractivity contribution is -0.151. The molecule has 0 N–H and O–H groups in total. The highest BCUT2D eigenvalue weighted by Gasteiger charge is 2.11. The van der Waals surface area contributed by atoms with E-state index in [1.54, 1.807) is 0 Å². The van der Waals surface area contributed by atoms with Crippen LogP contribution in [0.15, 0.2) is 0 Å². The fourth-order valence-corrected chi connectivity index (χ4v) is 3.74. The Balaban J connectivity index is 3.31. The van der Waals surface area contributed by atoms with Crippen molar-refractivity contribution in [2.45, 2.75) is 143 Å². The molecule has 0 saturated carbocycles. The van der Waals surface area contributed by atoms with Crippen molar-refractivity contribution in [1.82, 2.24) is 0 Å². The van der Waals surface area contributed by atoms with Gasteiger partial charge in [-0.2, -0.15) is 0 Å². The predicted molar refractivity (Wildman–Crippen MR) is 130 cm³/mol. The van der Waals surface area contributed by atoms with Gasteiger partial charge in [0.15, 0.2) is 0 Å². The van der Waals surface area contributed by atoms with Gasteiger partial charge in [-0.1, -0.05) is 124 Å². The second kappa shape index (κ2) is 23.6. The number of esters is 2. The van der Waals surface area contributed by atoms with Crippen LogP contribution in [-0.2, 0) is 19.1 Å². The zero-order chi connectivity index (χ0) is 23.0. The van der Waals surface area contributed by atoms with Crippen molar-refractivity contribution < 1.29 is 19.1 Å². The molecule has 31 heavy (non-hydrogen) atoms. The third-order valence-electron chi connectivity index (χ3n) is 6.18. The summed E-state index contributed by atoms with van der Waals surface area (Å²) in [5.74, 6) is -0.165. The highest BCUT2D eigenvalue weighted by molar-refractivity contribution is 5.77. The second-order valence-corrected chi connectivity index (χ2v) is 9.04. The SMILES string of the molecule is CCCCCCCCCCCCCCCCCOC(=O)CCC(=O)OCC(CC)CC. The number of carbonyl (C=O) groups is 2. The molecule has 0 bridgehead atoms. The predicted octanol–water partition coefficient (Wildman–Crippen LogP) is 8.16. The average molecular weight is 441 g/mol. The van der Waals surface area contributed by atoms with Crippen molar-refractivity contribution in [3.8, 4) is 0 Å². The molecular formula is C27H52O4. The highest BCUT2D eigenvalue weighted by atomic mass is 16.5. The Kier molecular flexibility index (Phi) is 22.8. The van der Waals surface area contributed by atoms with Crippen LogP contribution < -0.4 is 0 Å². The summed E-state index contributed by atoms with van der Waals surface area (Å²) < 4.78 is 10.5. The molecule has 0 aromatic carbocycles. The molecule has 0 radical (unpaired) electrons. The lowest BCUT2D eigenvalue weighted by Crippen LogP contribution is -2.15. The number of ether oxygens (including phenoxy) is 2. The van der Waals surface area contributed by atoms with Gasteiger partial charge in [-0.25, -0.2) is 0 Å². The van der Waals surface area contributed by atoms with Crippen molar-refractivity contribution in [2.75, 3.05) is 13.2 Å². The molecule has 0 atom stereocenters. The van der Waals surface area contributed by atoms with E-state index in [1.165, 1.54) is 83.5 Å². The molecule has 0 amide bonds. The van der Waals surface area contributed by atoms with Crippen LogP contribution in [0.3, 0.4) is 0 Å². The van der Waals surface area contributed by atoms with Gasteiger partial charge < -0.3 is 9.47 Å². The van der Waals surface area contributed by atoms with E-state index in [4.69, 9.17) is 9.47 Å². The van der Waals surface area contributed by atoms with Gasteiger partial charge >= 0.3 is 11.9 Å². The summed E-state index contributed by atoms with van der Waals surface area (Å²) >= 11 is 0.